The fraction of sp³-hybridized carbons (Fsp3) is 0.474. The summed E-state index contributed by atoms with van der Waals surface area (Å²) in [7, 11) is 1.63. The van der Waals surface area contributed by atoms with Crippen LogP contribution in [0.4, 0.5) is 0 Å². The molecule has 1 amide bonds. The Morgan fingerprint density at radius 3 is 3.04 bits per heavy atom. The van der Waals surface area contributed by atoms with E-state index in [0.717, 1.165) is 36.5 Å². The Kier molecular flexibility index (Phi) is 6.60. The first kappa shape index (κ1) is 18.8. The van der Waals surface area contributed by atoms with Gasteiger partial charge in [0.2, 0.25) is 5.91 Å². The number of carbonyl (C=O) groups is 1. The molecule has 2 heterocycles. The number of piperidine rings is 1. The van der Waals surface area contributed by atoms with Crippen molar-refractivity contribution in [3.05, 3.63) is 46.4 Å². The highest BCUT2D eigenvalue weighted by molar-refractivity contribution is 7.07. The van der Waals surface area contributed by atoms with Crippen LogP contribution in [0.2, 0.25) is 0 Å². The van der Waals surface area contributed by atoms with E-state index in [4.69, 9.17) is 4.74 Å². The molecule has 0 unspecified atom stereocenters. The van der Waals surface area contributed by atoms with Crippen LogP contribution in [0, 0.1) is 0 Å². The molecule has 0 saturated carbocycles. The lowest BCUT2D eigenvalue weighted by Crippen LogP contribution is -2.53. The zero-order chi connectivity index (χ0) is 18.4. The lowest BCUT2D eigenvalue weighted by Gasteiger charge is -2.36. The number of aliphatic hydroxyl groups is 1. The minimum absolute atomic E-state index is 0.0343. The van der Waals surface area contributed by atoms with Crippen molar-refractivity contribution in [1.82, 2.24) is 15.2 Å². The summed E-state index contributed by atoms with van der Waals surface area (Å²) in [5.74, 6) is 0.767. The number of nitrogens with zero attached hydrogens (tertiary/aromatic N) is 2. The average molecular weight is 375 g/mol. The molecule has 1 aromatic heterocycles. The van der Waals surface area contributed by atoms with E-state index in [-0.39, 0.29) is 11.9 Å². The molecule has 1 aliphatic rings. The van der Waals surface area contributed by atoms with E-state index >= 15 is 0 Å². The molecule has 3 rings (SSSR count). The molecule has 0 radical (unpaired) electrons. The number of methoxy groups -OCH3 is 1. The predicted molar refractivity (Wildman–Crippen MR) is 101 cm³/mol. The maximum atomic E-state index is 12.3. The monoisotopic (exact) mass is 375 g/mol. The molecule has 2 atom stereocenters. The number of ether oxygens (including phenoxy) is 1. The number of benzene rings is 1. The average Bonchev–Trinajstić information content (AvgIpc) is 3.15. The molecule has 2 N–H and O–H groups in total. The van der Waals surface area contributed by atoms with Crippen molar-refractivity contribution in [2.24, 2.45) is 0 Å². The van der Waals surface area contributed by atoms with Gasteiger partial charge in [-0.3, -0.25) is 9.69 Å². The lowest BCUT2D eigenvalue weighted by atomic mass is 10.0. The fourth-order valence-corrected chi connectivity index (χ4v) is 3.84. The number of hydrogen-bond donors (Lipinski definition) is 2. The maximum absolute atomic E-state index is 12.3. The number of likely N-dealkylation sites (tertiary alicyclic amines) is 1. The first-order valence-electron chi connectivity index (χ1n) is 8.84. The number of nitrogens with one attached hydrogen (secondary N) is 1. The second-order valence-corrected chi connectivity index (χ2v) is 7.28. The molecule has 1 aliphatic heterocycles. The molecule has 1 aromatic carbocycles. The number of amides is 1. The van der Waals surface area contributed by atoms with Gasteiger partial charge >= 0.3 is 0 Å². The summed E-state index contributed by atoms with van der Waals surface area (Å²) in [6.45, 7) is 2.13. The van der Waals surface area contributed by atoms with Gasteiger partial charge in [-0.05, 0) is 24.5 Å². The summed E-state index contributed by atoms with van der Waals surface area (Å²) in [4.78, 5) is 18.7. The Bertz CT molecular complexity index is 708. The molecule has 7 heteroatoms. The van der Waals surface area contributed by atoms with E-state index in [1.807, 2.05) is 35.2 Å². The molecular formula is C19H25N3O3S. The van der Waals surface area contributed by atoms with Crippen molar-refractivity contribution in [1.29, 1.82) is 0 Å². The first-order valence-corrected chi connectivity index (χ1v) is 9.78. The van der Waals surface area contributed by atoms with Crippen LogP contribution in [0.5, 0.6) is 5.75 Å². The van der Waals surface area contributed by atoms with Crippen LogP contribution >= 0.6 is 11.3 Å². The molecule has 0 bridgehead atoms. The molecule has 2 aromatic rings. The third-order valence-electron chi connectivity index (χ3n) is 4.70. The van der Waals surface area contributed by atoms with E-state index < -0.39 is 6.10 Å². The van der Waals surface area contributed by atoms with Gasteiger partial charge in [0, 0.05) is 31.4 Å². The normalized spacial score (nSPS) is 20.7. The van der Waals surface area contributed by atoms with Crippen LogP contribution in [0.25, 0.3) is 0 Å². The number of thiazole rings is 1. The Balaban J connectivity index is 1.44. The Morgan fingerprint density at radius 2 is 2.31 bits per heavy atom. The van der Waals surface area contributed by atoms with Crippen molar-refractivity contribution in [2.75, 3.05) is 20.2 Å². The molecule has 0 aliphatic carbocycles. The summed E-state index contributed by atoms with van der Waals surface area (Å²) in [5.41, 5.74) is 3.87. The highest BCUT2D eigenvalue weighted by atomic mass is 32.1. The quantitative estimate of drug-likeness (QED) is 0.772. The van der Waals surface area contributed by atoms with Gasteiger partial charge in [-0.1, -0.05) is 18.2 Å². The van der Waals surface area contributed by atoms with Gasteiger partial charge in [-0.25, -0.2) is 4.98 Å². The van der Waals surface area contributed by atoms with Gasteiger partial charge in [-0.2, -0.15) is 0 Å². The second-order valence-electron chi connectivity index (χ2n) is 6.56. The van der Waals surface area contributed by atoms with E-state index in [2.05, 4.69) is 15.2 Å². The van der Waals surface area contributed by atoms with E-state index in [1.54, 1.807) is 18.4 Å². The number of carbonyl (C=O) groups excluding carboxylic acids is 1. The van der Waals surface area contributed by atoms with Gasteiger partial charge in [0.05, 0.1) is 30.5 Å². The van der Waals surface area contributed by atoms with Crippen LogP contribution in [0.3, 0.4) is 0 Å². The van der Waals surface area contributed by atoms with Crippen LogP contribution in [-0.2, 0) is 17.8 Å². The third-order valence-corrected chi connectivity index (χ3v) is 5.33. The number of rotatable bonds is 7. The SMILES string of the molecule is COc1ccccc1CCC(=O)N[C@@H]1CCN(Cc2cscn2)C[C@H]1O. The van der Waals surface area contributed by atoms with Gasteiger partial charge in [0.25, 0.3) is 0 Å². The molecule has 140 valence electrons. The van der Waals surface area contributed by atoms with Gasteiger partial charge < -0.3 is 15.2 Å². The number of aromatic nitrogens is 1. The summed E-state index contributed by atoms with van der Waals surface area (Å²) in [5, 5.41) is 15.4. The summed E-state index contributed by atoms with van der Waals surface area (Å²) in [6, 6.07) is 7.54. The maximum Gasteiger partial charge on any atom is 0.220 e. The molecule has 26 heavy (non-hydrogen) atoms. The largest absolute Gasteiger partial charge is 0.496 e. The van der Waals surface area contributed by atoms with Crippen molar-refractivity contribution < 1.29 is 14.6 Å². The number of para-hydroxylation sites is 1. The third kappa shape index (κ3) is 5.03. The molecular weight excluding hydrogens is 350 g/mol. The minimum Gasteiger partial charge on any atom is -0.496 e. The Labute approximate surface area is 157 Å². The summed E-state index contributed by atoms with van der Waals surface area (Å²) >= 11 is 1.58. The minimum atomic E-state index is -0.558. The number of hydrogen-bond acceptors (Lipinski definition) is 6. The predicted octanol–water partition coefficient (Wildman–Crippen LogP) is 1.84. The zero-order valence-corrected chi connectivity index (χ0v) is 15.7. The molecule has 6 nitrogen and oxygen atoms in total. The van der Waals surface area contributed by atoms with Crippen LogP contribution in [-0.4, -0.2) is 53.2 Å². The number of β-amino-alcohol motifs (C(OH)–C–C–N with tert-alkyl or cyclic N) is 1. The highest BCUT2D eigenvalue weighted by Crippen LogP contribution is 2.19. The molecule has 1 saturated heterocycles. The zero-order valence-electron chi connectivity index (χ0n) is 14.9. The van der Waals surface area contributed by atoms with E-state index in [9.17, 15) is 9.90 Å². The van der Waals surface area contributed by atoms with Crippen LogP contribution < -0.4 is 10.1 Å². The highest BCUT2D eigenvalue weighted by Gasteiger charge is 2.28. The lowest BCUT2D eigenvalue weighted by molar-refractivity contribution is -0.123. The Hall–Kier alpha value is -1.96. The van der Waals surface area contributed by atoms with Gasteiger partial charge in [0.1, 0.15) is 5.75 Å². The number of aryl methyl sites for hydroxylation is 1. The summed E-state index contributed by atoms with van der Waals surface area (Å²) < 4.78 is 5.32. The fourth-order valence-electron chi connectivity index (χ4n) is 3.29. The van der Waals surface area contributed by atoms with Crippen molar-refractivity contribution in [3.63, 3.8) is 0 Å². The number of aliphatic hydroxyl groups excluding tert-OH is 1. The van der Waals surface area contributed by atoms with Gasteiger partial charge in [-0.15, -0.1) is 11.3 Å². The molecule has 0 spiro atoms. The van der Waals surface area contributed by atoms with Crippen molar-refractivity contribution >= 4 is 17.2 Å². The topological polar surface area (TPSA) is 74.7 Å². The Morgan fingerprint density at radius 1 is 1.46 bits per heavy atom. The molecule has 1 fully saturated rings. The van der Waals surface area contributed by atoms with Crippen molar-refractivity contribution in [3.8, 4) is 5.75 Å². The standard InChI is InChI=1S/C19H25N3O3S/c1-25-18-5-3-2-4-14(18)6-7-19(24)21-16-8-9-22(11-17(16)23)10-15-12-26-13-20-15/h2-5,12-13,16-17,23H,6-11H2,1H3,(H,21,24)/t16-,17-/m1/s1. The van der Waals surface area contributed by atoms with Crippen LogP contribution in [0.1, 0.15) is 24.1 Å². The van der Waals surface area contributed by atoms with Crippen LogP contribution in [0.15, 0.2) is 35.2 Å². The van der Waals surface area contributed by atoms with Crippen molar-refractivity contribution in [2.45, 2.75) is 38.0 Å². The van der Waals surface area contributed by atoms with Gasteiger partial charge in [0.15, 0.2) is 0 Å². The smallest absolute Gasteiger partial charge is 0.220 e. The first-order chi connectivity index (χ1) is 12.7. The summed E-state index contributed by atoms with van der Waals surface area (Å²) in [6.07, 6.45) is 1.18. The van der Waals surface area contributed by atoms with E-state index in [0.29, 0.717) is 19.4 Å². The second kappa shape index (κ2) is 9.12. The van der Waals surface area contributed by atoms with E-state index in [1.165, 1.54) is 0 Å².